The molecule has 24 heavy (non-hydrogen) atoms. The molecule has 0 bridgehead atoms. The van der Waals surface area contributed by atoms with E-state index >= 15 is 0 Å². The second-order valence-corrected chi connectivity index (χ2v) is 7.21. The molecule has 1 N–H and O–H groups in total. The molecule has 1 heterocycles. The van der Waals surface area contributed by atoms with Gasteiger partial charge in [-0.25, -0.2) is 4.79 Å². The van der Waals surface area contributed by atoms with Crippen molar-refractivity contribution < 1.29 is 9.53 Å². The average molecular weight is 321 g/mol. The quantitative estimate of drug-likeness (QED) is 0.833. The molecule has 1 saturated carbocycles. The summed E-state index contributed by atoms with van der Waals surface area (Å²) in [5.74, 6) is 0.615. The highest BCUT2D eigenvalue weighted by molar-refractivity contribution is 5.90. The lowest BCUT2D eigenvalue weighted by atomic mass is 9.70. The molecule has 0 saturated heterocycles. The fraction of sp³-hybridized carbons (Fsp3) is 0.381. The summed E-state index contributed by atoms with van der Waals surface area (Å²) in [7, 11) is 0. The van der Waals surface area contributed by atoms with Crippen molar-refractivity contribution in [1.29, 1.82) is 0 Å². The van der Waals surface area contributed by atoms with E-state index in [4.69, 9.17) is 4.74 Å². The van der Waals surface area contributed by atoms with E-state index in [0.29, 0.717) is 5.92 Å². The summed E-state index contributed by atoms with van der Waals surface area (Å²) in [6.45, 7) is 4.18. The van der Waals surface area contributed by atoms with Crippen LogP contribution in [0.4, 0.5) is 10.5 Å². The Labute approximate surface area is 143 Å². The van der Waals surface area contributed by atoms with Gasteiger partial charge >= 0.3 is 6.09 Å². The van der Waals surface area contributed by atoms with Crippen molar-refractivity contribution in [2.24, 2.45) is 5.92 Å². The van der Waals surface area contributed by atoms with Crippen molar-refractivity contribution in [2.45, 2.75) is 45.1 Å². The predicted molar refractivity (Wildman–Crippen MR) is 95.2 cm³/mol. The lowest BCUT2D eigenvalue weighted by Gasteiger charge is -2.43. The van der Waals surface area contributed by atoms with Crippen LogP contribution < -0.4 is 5.32 Å². The SMILES string of the molecule is Cc1cc(C)c2c(c1)NC(=O)OC2(CC1CCC1)c1ccccc1. The van der Waals surface area contributed by atoms with Crippen molar-refractivity contribution in [3.63, 3.8) is 0 Å². The minimum Gasteiger partial charge on any atom is -0.433 e. The molecule has 1 aliphatic heterocycles. The third kappa shape index (κ3) is 2.39. The van der Waals surface area contributed by atoms with Crippen LogP contribution in [0.5, 0.6) is 0 Å². The molecule has 0 spiro atoms. The number of ether oxygens (including phenoxy) is 1. The molecular formula is C21H23NO2. The largest absolute Gasteiger partial charge is 0.433 e. The number of carbonyl (C=O) groups is 1. The third-order valence-corrected chi connectivity index (χ3v) is 5.43. The first-order valence-corrected chi connectivity index (χ1v) is 8.76. The van der Waals surface area contributed by atoms with Crippen LogP contribution in [0.25, 0.3) is 0 Å². The van der Waals surface area contributed by atoms with E-state index in [1.54, 1.807) is 0 Å². The van der Waals surface area contributed by atoms with Crippen LogP contribution in [0.15, 0.2) is 42.5 Å². The zero-order chi connectivity index (χ0) is 16.7. The normalized spacial score (nSPS) is 23.0. The van der Waals surface area contributed by atoms with Gasteiger partial charge in [0.05, 0.1) is 5.69 Å². The van der Waals surface area contributed by atoms with Gasteiger partial charge in [-0.1, -0.05) is 55.7 Å². The zero-order valence-corrected chi connectivity index (χ0v) is 14.3. The standard InChI is InChI=1S/C21H23NO2/c1-14-11-15(2)19-18(12-14)22-20(23)24-21(19,13-16-7-6-8-16)17-9-4-3-5-10-17/h3-5,9-12,16H,6-8,13H2,1-2H3,(H,22,23). The van der Waals surface area contributed by atoms with Crippen LogP contribution in [-0.4, -0.2) is 6.09 Å². The zero-order valence-electron chi connectivity index (χ0n) is 14.3. The number of rotatable bonds is 3. The molecule has 1 atom stereocenters. The monoisotopic (exact) mass is 321 g/mol. The van der Waals surface area contributed by atoms with Crippen molar-refractivity contribution >= 4 is 11.8 Å². The summed E-state index contributed by atoms with van der Waals surface area (Å²) in [5.41, 5.74) is 4.73. The molecule has 2 aromatic carbocycles. The number of fused-ring (bicyclic) bond motifs is 1. The molecule has 3 heteroatoms. The van der Waals surface area contributed by atoms with Crippen molar-refractivity contribution in [3.8, 4) is 0 Å². The topological polar surface area (TPSA) is 38.3 Å². The van der Waals surface area contributed by atoms with Gasteiger partial charge in [-0.15, -0.1) is 0 Å². The van der Waals surface area contributed by atoms with Gasteiger partial charge in [-0.3, -0.25) is 5.32 Å². The van der Waals surface area contributed by atoms with Crippen molar-refractivity contribution in [2.75, 3.05) is 5.32 Å². The van der Waals surface area contributed by atoms with Gasteiger partial charge in [0.15, 0.2) is 5.60 Å². The number of amides is 1. The number of aryl methyl sites for hydroxylation is 2. The molecule has 1 aliphatic carbocycles. The average Bonchev–Trinajstić information content (AvgIpc) is 2.50. The van der Waals surface area contributed by atoms with Crippen molar-refractivity contribution in [1.82, 2.24) is 0 Å². The van der Waals surface area contributed by atoms with Gasteiger partial charge in [0.1, 0.15) is 0 Å². The molecule has 3 nitrogen and oxygen atoms in total. The maximum atomic E-state index is 12.4. The fourth-order valence-electron chi connectivity index (χ4n) is 4.22. The predicted octanol–water partition coefficient (Wildman–Crippen LogP) is 5.30. The van der Waals surface area contributed by atoms with E-state index in [9.17, 15) is 4.79 Å². The lowest BCUT2D eigenvalue weighted by Crippen LogP contribution is -2.43. The van der Waals surface area contributed by atoms with Gasteiger partial charge in [0.2, 0.25) is 0 Å². The van der Waals surface area contributed by atoms with Crippen LogP contribution in [0, 0.1) is 19.8 Å². The molecule has 0 radical (unpaired) electrons. The Balaban J connectivity index is 1.94. The number of hydrogen-bond donors (Lipinski definition) is 1. The first-order chi connectivity index (χ1) is 11.6. The highest BCUT2D eigenvalue weighted by atomic mass is 16.6. The van der Waals surface area contributed by atoms with Crippen LogP contribution in [0.3, 0.4) is 0 Å². The maximum absolute atomic E-state index is 12.4. The Bertz CT molecular complexity index is 780. The Kier molecular flexibility index (Phi) is 3.60. The highest BCUT2D eigenvalue weighted by Crippen LogP contribution is 2.50. The maximum Gasteiger partial charge on any atom is 0.412 e. The molecule has 1 fully saturated rings. The highest BCUT2D eigenvalue weighted by Gasteiger charge is 2.46. The van der Waals surface area contributed by atoms with E-state index in [0.717, 1.165) is 28.8 Å². The second-order valence-electron chi connectivity index (χ2n) is 7.21. The Hall–Kier alpha value is -2.29. The number of cyclic esters (lactones) is 1. The molecule has 1 unspecified atom stereocenters. The lowest BCUT2D eigenvalue weighted by molar-refractivity contribution is 0.0133. The number of benzene rings is 2. The van der Waals surface area contributed by atoms with E-state index in [1.165, 1.54) is 24.8 Å². The Morgan fingerprint density at radius 2 is 1.92 bits per heavy atom. The second kappa shape index (κ2) is 5.66. The number of anilines is 1. The summed E-state index contributed by atoms with van der Waals surface area (Å²) in [5, 5.41) is 2.91. The van der Waals surface area contributed by atoms with Crippen LogP contribution >= 0.6 is 0 Å². The van der Waals surface area contributed by atoms with E-state index in [2.05, 4.69) is 43.4 Å². The first-order valence-electron chi connectivity index (χ1n) is 8.76. The fourth-order valence-corrected chi connectivity index (χ4v) is 4.22. The smallest absolute Gasteiger partial charge is 0.412 e. The molecule has 4 rings (SSSR count). The van der Waals surface area contributed by atoms with E-state index < -0.39 is 5.60 Å². The number of carbonyl (C=O) groups excluding carboxylic acids is 1. The van der Waals surface area contributed by atoms with Gasteiger partial charge in [0, 0.05) is 11.1 Å². The molecule has 2 aliphatic rings. The summed E-state index contributed by atoms with van der Waals surface area (Å²) in [6.07, 6.45) is 4.23. The van der Waals surface area contributed by atoms with Crippen LogP contribution in [0.2, 0.25) is 0 Å². The number of nitrogens with one attached hydrogen (secondary N) is 1. The molecule has 1 amide bonds. The third-order valence-electron chi connectivity index (χ3n) is 5.43. The molecule has 0 aromatic heterocycles. The molecule has 2 aromatic rings. The Morgan fingerprint density at radius 1 is 1.17 bits per heavy atom. The molecule has 124 valence electrons. The summed E-state index contributed by atoms with van der Waals surface area (Å²) in [4.78, 5) is 12.4. The first kappa shape index (κ1) is 15.3. The summed E-state index contributed by atoms with van der Waals surface area (Å²) >= 11 is 0. The summed E-state index contributed by atoms with van der Waals surface area (Å²) in [6, 6.07) is 14.5. The van der Waals surface area contributed by atoms with Crippen LogP contribution in [-0.2, 0) is 10.3 Å². The molecular weight excluding hydrogens is 298 g/mol. The van der Waals surface area contributed by atoms with Gasteiger partial charge < -0.3 is 4.74 Å². The summed E-state index contributed by atoms with van der Waals surface area (Å²) < 4.78 is 6.06. The Morgan fingerprint density at radius 3 is 2.58 bits per heavy atom. The minimum atomic E-state index is -0.679. The van der Waals surface area contributed by atoms with Gasteiger partial charge in [0.25, 0.3) is 0 Å². The minimum absolute atomic E-state index is 0.351. The van der Waals surface area contributed by atoms with Crippen LogP contribution in [0.1, 0.15) is 47.9 Å². The van der Waals surface area contributed by atoms with E-state index in [1.807, 2.05) is 18.2 Å². The van der Waals surface area contributed by atoms with Gasteiger partial charge in [-0.2, -0.15) is 0 Å². The number of hydrogen-bond acceptors (Lipinski definition) is 2. The van der Waals surface area contributed by atoms with Gasteiger partial charge in [-0.05, 0) is 43.4 Å². The van der Waals surface area contributed by atoms with E-state index in [-0.39, 0.29) is 6.09 Å². The van der Waals surface area contributed by atoms with Crippen molar-refractivity contribution in [3.05, 3.63) is 64.7 Å².